The molecule has 3 aliphatic heterocycles. The van der Waals surface area contributed by atoms with Crippen LogP contribution in [0.4, 0.5) is 22.7 Å². The molecule has 2 aliphatic carbocycles. The van der Waals surface area contributed by atoms with Crippen LogP contribution >= 0.6 is 11.6 Å². The SMILES string of the molecule is CC1(C)CCC(CNCCNc2ccc(C(=O)NS(=O)(=O)c3ccc(NC[C@H]4CC[C@H](N5CCN(CCCCCCCNc6cccc7c6C(=O)N(C6CCC(=O)NC6=O)C7=O)CC5)CC4)c(NO)c3)c(Oc3cnc4[nH]ccc4c3)c2)=C(c2ccc(Cl)cc2)C1. The van der Waals surface area contributed by atoms with E-state index in [1.165, 1.54) is 41.1 Å². The molecule has 1 unspecified atom stereocenters. The van der Waals surface area contributed by atoms with E-state index in [1.54, 1.807) is 48.7 Å². The number of hydrogen-bond donors (Lipinski definition) is 9. The Hall–Kier alpha value is -7.86. The number of sulfonamides is 1. The molecule has 0 radical (unpaired) electrons. The highest BCUT2D eigenvalue weighted by molar-refractivity contribution is 7.90. The number of pyridine rings is 1. The molecule has 1 saturated carbocycles. The number of unbranched alkanes of at least 4 members (excludes halogenated alkanes) is 4. The van der Waals surface area contributed by atoms with Gasteiger partial charge in [-0.3, -0.25) is 49.8 Å². The lowest BCUT2D eigenvalue weighted by atomic mass is 9.72. The van der Waals surface area contributed by atoms with Gasteiger partial charge in [0.1, 0.15) is 23.2 Å². The summed E-state index contributed by atoms with van der Waals surface area (Å²) in [4.78, 5) is 78.3. The average molecular weight is 1280 g/mol. The molecule has 0 spiro atoms. The van der Waals surface area contributed by atoms with Crippen molar-refractivity contribution >= 4 is 90.5 Å². The number of rotatable bonds is 27. The lowest BCUT2D eigenvalue weighted by Crippen LogP contribution is -2.54. The highest BCUT2D eigenvalue weighted by Crippen LogP contribution is 2.43. The topological polar surface area (TPSA) is 272 Å². The van der Waals surface area contributed by atoms with Crippen molar-refractivity contribution in [2.45, 2.75) is 121 Å². The number of halogens is 1. The molecule has 23 heteroatoms. The molecule has 2 saturated heterocycles. The van der Waals surface area contributed by atoms with Gasteiger partial charge in [-0.15, -0.1) is 0 Å². The summed E-state index contributed by atoms with van der Waals surface area (Å²) in [6.45, 7) is 13.2. The number of fused-ring (bicyclic) bond motifs is 2. The number of nitrogens with zero attached hydrogens (tertiary/aromatic N) is 4. The summed E-state index contributed by atoms with van der Waals surface area (Å²) in [7, 11) is -4.44. The number of ether oxygens (including phenoxy) is 1. The first-order valence-corrected chi connectivity index (χ1v) is 33.9. The Morgan fingerprint density at radius 1 is 0.791 bits per heavy atom. The number of benzene rings is 4. The lowest BCUT2D eigenvalue weighted by Gasteiger charge is -2.42. The maximum absolute atomic E-state index is 14.0. The zero-order valence-electron chi connectivity index (χ0n) is 51.8. The Morgan fingerprint density at radius 2 is 1.58 bits per heavy atom. The van der Waals surface area contributed by atoms with Crippen molar-refractivity contribution in [2.24, 2.45) is 11.3 Å². The Morgan fingerprint density at radius 3 is 2.37 bits per heavy atom. The number of carbonyl (C=O) groups is 5. The second-order valence-electron chi connectivity index (χ2n) is 25.5. The number of hydrogen-bond acceptors (Lipinski definition) is 17. The second-order valence-corrected chi connectivity index (χ2v) is 27.6. The molecule has 0 bridgehead atoms. The van der Waals surface area contributed by atoms with Gasteiger partial charge in [0.2, 0.25) is 11.8 Å². The highest BCUT2D eigenvalue weighted by Gasteiger charge is 2.46. The number of allylic oxidation sites excluding steroid dienone is 1. The number of piperazine rings is 1. The third-order valence-electron chi connectivity index (χ3n) is 18.6. The van der Waals surface area contributed by atoms with Crippen LogP contribution in [0.2, 0.25) is 5.02 Å². The molecule has 11 rings (SSSR count). The summed E-state index contributed by atoms with van der Waals surface area (Å²) in [5.41, 5.74) is 9.49. The fraction of sp³-hybridized carbons (Fsp3) is 0.441. The molecule has 482 valence electrons. The van der Waals surface area contributed by atoms with Gasteiger partial charge < -0.3 is 35.9 Å². The Bertz CT molecular complexity index is 3790. The minimum absolute atomic E-state index is 0.0115. The molecular weight excluding hydrogens is 1200 g/mol. The first kappa shape index (κ1) is 64.7. The second kappa shape index (κ2) is 29.2. The van der Waals surface area contributed by atoms with E-state index in [0.717, 1.165) is 127 Å². The van der Waals surface area contributed by atoms with Crippen LogP contribution in [-0.2, 0) is 19.6 Å². The van der Waals surface area contributed by atoms with Crippen LogP contribution in [0.1, 0.15) is 140 Å². The van der Waals surface area contributed by atoms with Crippen LogP contribution in [-0.4, -0.2) is 145 Å². The monoisotopic (exact) mass is 1280 g/mol. The molecule has 3 fully saturated rings. The standard InChI is InChI=1S/C68H83ClN12O9S/c1-68(2)27-25-47(55(40-68)45-13-15-48(69)16-14-45)42-70-30-31-71-49-17-21-53(60(38-49)90-51-37-46-26-29-73-63(46)75-43-51)64(83)78-91(88,89)52-20-22-56(58(39-52)77-87)74-41-44-11-18-50(19-12-44)80-35-33-79(34-36-80)32-7-5-3-4-6-28-72-57-10-8-9-54-62(57)67(86)81(66(54)85)59-23-24-61(82)76-65(59)84/h8-10,13-17,20-22,26,29,37-39,43-44,50,59,70-72,74,77,87H,3-7,11-12,18-19,23-25,27-28,30-36,40-42H2,1-2H3,(H,73,75)(H,78,83)(H,76,82,84)/t44-,50-,59?. The lowest BCUT2D eigenvalue weighted by molar-refractivity contribution is -0.136. The summed E-state index contributed by atoms with van der Waals surface area (Å²) in [6.07, 6.45) is 16.2. The van der Waals surface area contributed by atoms with Gasteiger partial charge in [-0.05, 0) is 160 Å². The molecule has 21 nitrogen and oxygen atoms in total. The van der Waals surface area contributed by atoms with Crippen LogP contribution in [0.5, 0.6) is 11.5 Å². The summed E-state index contributed by atoms with van der Waals surface area (Å²) in [6, 6.07) is 25.6. The van der Waals surface area contributed by atoms with Crippen LogP contribution in [0.25, 0.3) is 16.6 Å². The van der Waals surface area contributed by atoms with Crippen LogP contribution in [0.15, 0.2) is 114 Å². The van der Waals surface area contributed by atoms with E-state index < -0.39 is 45.6 Å². The molecule has 6 aromatic rings. The maximum atomic E-state index is 14.0. The van der Waals surface area contributed by atoms with Crippen molar-refractivity contribution in [3.63, 3.8) is 0 Å². The zero-order valence-corrected chi connectivity index (χ0v) is 53.4. The largest absolute Gasteiger partial charge is 0.455 e. The number of nitrogens with one attached hydrogen (secondary N) is 8. The van der Waals surface area contributed by atoms with Crippen LogP contribution in [0.3, 0.4) is 0 Å². The summed E-state index contributed by atoms with van der Waals surface area (Å²) < 4.78 is 36.4. The third kappa shape index (κ3) is 15.9. The predicted molar refractivity (Wildman–Crippen MR) is 353 cm³/mol. The summed E-state index contributed by atoms with van der Waals surface area (Å²) >= 11 is 6.23. The molecular formula is C68H83ClN12O9S. The number of H-pyrrole nitrogens is 1. The number of piperidine rings is 1. The van der Waals surface area contributed by atoms with E-state index in [4.69, 9.17) is 16.3 Å². The zero-order chi connectivity index (χ0) is 63.7. The van der Waals surface area contributed by atoms with E-state index in [1.807, 2.05) is 18.2 Å². The van der Waals surface area contributed by atoms with Crippen LogP contribution < -0.4 is 41.5 Å². The number of amides is 5. The fourth-order valence-corrected chi connectivity index (χ4v) is 14.5. The molecule has 4 aromatic carbocycles. The number of aromatic amines is 1. The van der Waals surface area contributed by atoms with Gasteiger partial charge in [0.05, 0.1) is 39.2 Å². The van der Waals surface area contributed by atoms with E-state index in [-0.39, 0.29) is 51.3 Å². The van der Waals surface area contributed by atoms with Gasteiger partial charge in [-0.1, -0.05) is 68.5 Å². The van der Waals surface area contributed by atoms with Crippen molar-refractivity contribution in [3.05, 3.63) is 136 Å². The third-order valence-corrected chi connectivity index (χ3v) is 20.2. The number of carbonyl (C=O) groups excluding carboxylic acids is 5. The van der Waals surface area contributed by atoms with Gasteiger partial charge in [0.25, 0.3) is 27.7 Å². The quantitative estimate of drug-likeness (QED) is 0.0132. The van der Waals surface area contributed by atoms with Gasteiger partial charge in [0, 0.05) is 105 Å². The van der Waals surface area contributed by atoms with Gasteiger partial charge in [-0.25, -0.2) is 18.1 Å². The summed E-state index contributed by atoms with van der Waals surface area (Å²) in [5.74, 6) is -2.05. The highest BCUT2D eigenvalue weighted by atomic mass is 35.5. The smallest absolute Gasteiger partial charge is 0.268 e. The minimum atomic E-state index is -4.44. The Balaban J connectivity index is 0.601. The number of imide groups is 2. The molecule has 5 amide bonds. The average Bonchev–Trinajstić information content (AvgIpc) is 1.63. The maximum Gasteiger partial charge on any atom is 0.268 e. The van der Waals surface area contributed by atoms with Gasteiger partial charge >= 0.3 is 0 Å². The molecule has 5 heterocycles. The van der Waals surface area contributed by atoms with Crippen LogP contribution in [0, 0.1) is 11.3 Å². The minimum Gasteiger partial charge on any atom is -0.455 e. The van der Waals surface area contributed by atoms with E-state index in [2.05, 4.69) is 82.5 Å². The van der Waals surface area contributed by atoms with Crippen molar-refractivity contribution in [2.75, 3.05) is 86.9 Å². The first-order valence-electron chi connectivity index (χ1n) is 32.1. The van der Waals surface area contributed by atoms with Crippen molar-refractivity contribution in [1.82, 2.24) is 40.0 Å². The normalized spacial score (nSPS) is 19.7. The van der Waals surface area contributed by atoms with Gasteiger partial charge in [0.15, 0.2) is 0 Å². The predicted octanol–water partition coefficient (Wildman–Crippen LogP) is 10.6. The molecule has 91 heavy (non-hydrogen) atoms. The molecule has 9 N–H and O–H groups in total. The van der Waals surface area contributed by atoms with Crippen molar-refractivity contribution in [3.8, 4) is 11.5 Å². The number of anilines is 4. The molecule has 1 atom stereocenters. The molecule has 5 aliphatic rings. The fourth-order valence-electron chi connectivity index (χ4n) is 13.4. The van der Waals surface area contributed by atoms with Crippen molar-refractivity contribution < 1.29 is 42.3 Å². The first-order chi connectivity index (χ1) is 44.0. The van der Waals surface area contributed by atoms with Gasteiger partial charge in [-0.2, -0.15) is 0 Å². The van der Waals surface area contributed by atoms with E-state index in [0.29, 0.717) is 71.6 Å². The summed E-state index contributed by atoms with van der Waals surface area (Å²) in [5, 5.41) is 27.8. The number of aromatic nitrogens is 2. The van der Waals surface area contributed by atoms with E-state index in [9.17, 15) is 37.6 Å². The Labute approximate surface area is 536 Å². The molecule has 2 aromatic heterocycles. The van der Waals surface area contributed by atoms with E-state index >= 15 is 0 Å². The van der Waals surface area contributed by atoms with Crippen molar-refractivity contribution in [1.29, 1.82) is 0 Å². The Kier molecular flexibility index (Phi) is 20.7.